The van der Waals surface area contributed by atoms with E-state index in [2.05, 4.69) is 105 Å². The maximum Gasteiger partial charge on any atom is 0.203 e. The van der Waals surface area contributed by atoms with E-state index in [9.17, 15) is 0 Å². The highest BCUT2D eigenvalue weighted by atomic mass is 15.3. The van der Waals surface area contributed by atoms with Crippen molar-refractivity contribution in [3.63, 3.8) is 0 Å². The molecular weight excluding hydrogens is 430 g/mol. The molecule has 0 spiro atoms. The standard InChI is InChI=1S/C30H29N5/c31-28-19-27(29-30(32-28)34-35-33-29)23(20-10-3-1-4-11-20)16-9-17-25-24-15-8-7-14-22(24)18-26(25)21-12-5-2-6-13-21/h1-8,10-15,19,23,25-26H,9,16-18H2,(H3,31,32,33,34,35). The molecule has 1 aliphatic rings. The van der Waals surface area contributed by atoms with E-state index in [4.69, 9.17) is 5.73 Å². The molecule has 0 radical (unpaired) electrons. The normalized spacial score (nSPS) is 17.9. The maximum absolute atomic E-state index is 6.17. The van der Waals surface area contributed by atoms with Crippen LogP contribution in [0, 0.1) is 0 Å². The van der Waals surface area contributed by atoms with Crippen LogP contribution in [0.1, 0.15) is 64.8 Å². The zero-order chi connectivity index (χ0) is 23.6. The van der Waals surface area contributed by atoms with Crippen molar-refractivity contribution in [2.45, 2.75) is 43.4 Å². The van der Waals surface area contributed by atoms with Gasteiger partial charge in [0.25, 0.3) is 0 Å². The van der Waals surface area contributed by atoms with Gasteiger partial charge in [-0.3, -0.25) is 0 Å². The third kappa shape index (κ3) is 4.18. The number of nitrogens with one attached hydrogen (secondary N) is 1. The Bertz CT molecular complexity index is 1430. The molecule has 5 heteroatoms. The van der Waals surface area contributed by atoms with E-state index >= 15 is 0 Å². The molecule has 3 atom stereocenters. The molecular formula is C30H29N5. The largest absolute Gasteiger partial charge is 0.384 e. The Hall–Kier alpha value is -3.99. The molecule has 2 heterocycles. The number of nitrogen functional groups attached to an aromatic ring is 1. The molecule has 174 valence electrons. The fraction of sp³-hybridized carbons (Fsp3) is 0.233. The van der Waals surface area contributed by atoms with Gasteiger partial charge in [-0.1, -0.05) is 91.3 Å². The summed E-state index contributed by atoms with van der Waals surface area (Å²) in [6.45, 7) is 0. The molecule has 0 amide bonds. The molecule has 5 nitrogen and oxygen atoms in total. The van der Waals surface area contributed by atoms with E-state index in [1.54, 1.807) is 0 Å². The van der Waals surface area contributed by atoms with Gasteiger partial charge in [-0.25, -0.2) is 4.98 Å². The Morgan fingerprint density at radius 2 is 1.63 bits per heavy atom. The SMILES string of the molecule is Nc1cc(C(CCCC2c3ccccc3CC2c2ccccc2)c2ccccc2)c2n[nH]nc2n1. The summed E-state index contributed by atoms with van der Waals surface area (Å²) in [5.41, 5.74) is 14.4. The van der Waals surface area contributed by atoms with Gasteiger partial charge in [0.15, 0.2) is 0 Å². The zero-order valence-corrected chi connectivity index (χ0v) is 19.6. The Kier molecular flexibility index (Phi) is 5.75. The van der Waals surface area contributed by atoms with Crippen molar-refractivity contribution in [2.75, 3.05) is 5.73 Å². The number of anilines is 1. The molecule has 3 N–H and O–H groups in total. The van der Waals surface area contributed by atoms with E-state index in [1.165, 1.54) is 22.3 Å². The molecule has 0 fully saturated rings. The van der Waals surface area contributed by atoms with Gasteiger partial charge in [0, 0.05) is 5.92 Å². The minimum Gasteiger partial charge on any atom is -0.384 e. The zero-order valence-electron chi connectivity index (χ0n) is 19.6. The average molecular weight is 460 g/mol. The van der Waals surface area contributed by atoms with E-state index in [0.717, 1.165) is 36.8 Å². The van der Waals surface area contributed by atoms with Crippen LogP contribution >= 0.6 is 0 Å². The van der Waals surface area contributed by atoms with Gasteiger partial charge in [0.2, 0.25) is 5.65 Å². The number of nitrogens with zero attached hydrogens (tertiary/aromatic N) is 3. The number of hydrogen-bond donors (Lipinski definition) is 2. The molecule has 3 aromatic carbocycles. The molecule has 1 aliphatic carbocycles. The molecule has 0 bridgehead atoms. The van der Waals surface area contributed by atoms with E-state index in [-0.39, 0.29) is 5.92 Å². The maximum atomic E-state index is 6.17. The monoisotopic (exact) mass is 459 g/mol. The number of benzene rings is 3. The summed E-state index contributed by atoms with van der Waals surface area (Å²) >= 11 is 0. The fourth-order valence-corrected chi connectivity index (χ4v) is 5.96. The lowest BCUT2D eigenvalue weighted by Crippen LogP contribution is -2.09. The molecule has 3 unspecified atom stereocenters. The van der Waals surface area contributed by atoms with Gasteiger partial charge < -0.3 is 5.73 Å². The van der Waals surface area contributed by atoms with E-state index in [1.807, 2.05) is 6.07 Å². The molecule has 6 rings (SSSR count). The molecule has 5 aromatic rings. The van der Waals surface area contributed by atoms with Crippen molar-refractivity contribution >= 4 is 17.0 Å². The van der Waals surface area contributed by atoms with Crippen LogP contribution in [0.4, 0.5) is 5.82 Å². The Morgan fingerprint density at radius 3 is 2.46 bits per heavy atom. The third-order valence-corrected chi connectivity index (χ3v) is 7.53. The average Bonchev–Trinajstić information content (AvgIpc) is 3.52. The Morgan fingerprint density at radius 1 is 0.886 bits per heavy atom. The van der Waals surface area contributed by atoms with Crippen molar-refractivity contribution in [3.05, 3.63) is 119 Å². The number of H-pyrrole nitrogens is 1. The van der Waals surface area contributed by atoms with Gasteiger partial charge in [0.1, 0.15) is 11.3 Å². The highest BCUT2D eigenvalue weighted by Gasteiger charge is 2.33. The van der Waals surface area contributed by atoms with Crippen molar-refractivity contribution in [1.29, 1.82) is 0 Å². The first kappa shape index (κ1) is 21.5. The molecule has 0 aliphatic heterocycles. The second-order valence-corrected chi connectivity index (χ2v) is 9.55. The minimum atomic E-state index is 0.181. The second-order valence-electron chi connectivity index (χ2n) is 9.55. The summed E-state index contributed by atoms with van der Waals surface area (Å²) in [5, 5.41) is 11.3. The van der Waals surface area contributed by atoms with Crippen LogP contribution in [-0.2, 0) is 6.42 Å². The van der Waals surface area contributed by atoms with Crippen molar-refractivity contribution in [3.8, 4) is 0 Å². The summed E-state index contributed by atoms with van der Waals surface area (Å²) in [4.78, 5) is 4.36. The van der Waals surface area contributed by atoms with Crippen LogP contribution < -0.4 is 5.73 Å². The fourth-order valence-electron chi connectivity index (χ4n) is 5.96. The quantitative estimate of drug-likeness (QED) is 0.297. The minimum absolute atomic E-state index is 0.181. The van der Waals surface area contributed by atoms with Crippen LogP contribution in [-0.4, -0.2) is 20.4 Å². The molecule has 35 heavy (non-hydrogen) atoms. The lowest BCUT2D eigenvalue weighted by Gasteiger charge is -2.23. The topological polar surface area (TPSA) is 80.5 Å². The predicted molar refractivity (Wildman–Crippen MR) is 140 cm³/mol. The van der Waals surface area contributed by atoms with Gasteiger partial charge in [-0.2, -0.15) is 10.3 Å². The van der Waals surface area contributed by atoms with Gasteiger partial charge in [-0.05, 0) is 65.0 Å². The highest BCUT2D eigenvalue weighted by molar-refractivity contribution is 5.77. The van der Waals surface area contributed by atoms with Gasteiger partial charge in [-0.15, -0.1) is 5.10 Å². The lowest BCUT2D eigenvalue weighted by molar-refractivity contribution is 0.501. The van der Waals surface area contributed by atoms with Crippen molar-refractivity contribution < 1.29 is 0 Å². The first-order valence-corrected chi connectivity index (χ1v) is 12.4. The van der Waals surface area contributed by atoms with Crippen molar-refractivity contribution in [1.82, 2.24) is 20.4 Å². The van der Waals surface area contributed by atoms with Gasteiger partial charge >= 0.3 is 0 Å². The number of pyridine rings is 1. The number of fused-ring (bicyclic) bond motifs is 2. The van der Waals surface area contributed by atoms with Crippen LogP contribution in [0.3, 0.4) is 0 Å². The Labute approximate surface area is 205 Å². The highest BCUT2D eigenvalue weighted by Crippen LogP contribution is 2.47. The van der Waals surface area contributed by atoms with E-state index < -0.39 is 0 Å². The van der Waals surface area contributed by atoms with Crippen LogP contribution in [0.25, 0.3) is 11.2 Å². The first-order chi connectivity index (χ1) is 17.3. The summed E-state index contributed by atoms with van der Waals surface area (Å²) < 4.78 is 0. The van der Waals surface area contributed by atoms with Gasteiger partial charge in [0.05, 0.1) is 0 Å². The molecule has 2 aromatic heterocycles. The summed E-state index contributed by atoms with van der Waals surface area (Å²) in [6.07, 6.45) is 4.37. The number of hydrogen-bond acceptors (Lipinski definition) is 4. The number of aromatic amines is 1. The third-order valence-electron chi connectivity index (χ3n) is 7.53. The number of aromatic nitrogens is 4. The van der Waals surface area contributed by atoms with Crippen LogP contribution in [0.5, 0.6) is 0 Å². The first-order valence-electron chi connectivity index (χ1n) is 12.4. The van der Waals surface area contributed by atoms with Crippen LogP contribution in [0.15, 0.2) is 91.0 Å². The molecule has 0 saturated heterocycles. The lowest BCUT2D eigenvalue weighted by atomic mass is 9.81. The van der Waals surface area contributed by atoms with Crippen LogP contribution in [0.2, 0.25) is 0 Å². The summed E-state index contributed by atoms with van der Waals surface area (Å²) in [6, 6.07) is 32.7. The number of rotatable bonds is 7. The number of nitrogens with two attached hydrogens (primary N) is 1. The predicted octanol–water partition coefficient (Wildman–Crippen LogP) is 6.36. The smallest absolute Gasteiger partial charge is 0.203 e. The summed E-state index contributed by atoms with van der Waals surface area (Å²) in [7, 11) is 0. The molecule has 0 saturated carbocycles. The summed E-state index contributed by atoms with van der Waals surface area (Å²) in [5.74, 6) is 1.72. The van der Waals surface area contributed by atoms with E-state index in [0.29, 0.717) is 23.3 Å². The Balaban J connectivity index is 1.30. The second kappa shape index (κ2) is 9.34. The van der Waals surface area contributed by atoms with Crippen molar-refractivity contribution in [2.24, 2.45) is 0 Å².